The van der Waals surface area contributed by atoms with Crippen LogP contribution in [0.2, 0.25) is 0 Å². The van der Waals surface area contributed by atoms with E-state index in [9.17, 15) is 0 Å². The largest absolute Gasteiger partial charge is 0.306 e. The van der Waals surface area contributed by atoms with Crippen LogP contribution in [0.25, 0.3) is 0 Å². The molecule has 0 heterocycles. The molecule has 0 aliphatic heterocycles. The minimum atomic E-state index is 0.319. The molecule has 0 bridgehead atoms. The minimum Gasteiger partial charge on any atom is -0.306 e. The Balaban J connectivity index is 2.00. The third kappa shape index (κ3) is 3.67. The van der Waals surface area contributed by atoms with Crippen LogP contribution in [0.1, 0.15) is 24.1 Å². The van der Waals surface area contributed by atoms with Gasteiger partial charge in [0.25, 0.3) is 0 Å². The summed E-state index contributed by atoms with van der Waals surface area (Å²) in [5, 5.41) is 3.53. The molecular weight excluding hydrogens is 354 g/mol. The van der Waals surface area contributed by atoms with Gasteiger partial charge >= 0.3 is 0 Å². The Morgan fingerprint density at radius 3 is 2.56 bits per heavy atom. The van der Waals surface area contributed by atoms with Gasteiger partial charge in [-0.3, -0.25) is 0 Å². The van der Waals surface area contributed by atoms with Gasteiger partial charge in [-0.15, -0.1) is 0 Å². The van der Waals surface area contributed by atoms with E-state index in [0.717, 1.165) is 15.5 Å². The maximum atomic E-state index is 3.59. The van der Waals surface area contributed by atoms with Crippen LogP contribution in [0, 0.1) is 0 Å². The van der Waals surface area contributed by atoms with Gasteiger partial charge in [0.15, 0.2) is 0 Å². The molecule has 3 heteroatoms. The van der Waals surface area contributed by atoms with Crippen molar-refractivity contribution in [3.8, 4) is 0 Å². The average molecular weight is 369 g/mol. The highest BCUT2D eigenvalue weighted by Crippen LogP contribution is 2.23. The molecule has 0 aromatic heterocycles. The lowest BCUT2D eigenvalue weighted by molar-refractivity contribution is 0.573. The Labute approximate surface area is 125 Å². The van der Waals surface area contributed by atoms with Crippen molar-refractivity contribution in [1.29, 1.82) is 0 Å². The van der Waals surface area contributed by atoms with Gasteiger partial charge in [0.05, 0.1) is 0 Å². The van der Waals surface area contributed by atoms with E-state index in [1.807, 2.05) is 12.1 Å². The topological polar surface area (TPSA) is 12.0 Å². The molecule has 0 amide bonds. The maximum Gasteiger partial charge on any atom is 0.0306 e. The highest BCUT2D eigenvalue weighted by atomic mass is 79.9. The summed E-state index contributed by atoms with van der Waals surface area (Å²) in [6.45, 7) is 3.04. The van der Waals surface area contributed by atoms with Crippen molar-refractivity contribution in [1.82, 2.24) is 5.32 Å². The number of benzene rings is 2. The number of hydrogen-bond donors (Lipinski definition) is 1. The summed E-state index contributed by atoms with van der Waals surface area (Å²) in [6.07, 6.45) is 0. The zero-order chi connectivity index (χ0) is 13.0. The second kappa shape index (κ2) is 6.50. The summed E-state index contributed by atoms with van der Waals surface area (Å²) in [4.78, 5) is 0. The van der Waals surface area contributed by atoms with E-state index in [2.05, 4.69) is 80.5 Å². The lowest BCUT2D eigenvalue weighted by atomic mass is 10.1. The Bertz CT molecular complexity index is 525. The van der Waals surface area contributed by atoms with E-state index in [1.54, 1.807) is 0 Å². The molecule has 18 heavy (non-hydrogen) atoms. The van der Waals surface area contributed by atoms with Crippen LogP contribution in [0.5, 0.6) is 0 Å². The van der Waals surface area contributed by atoms with Crippen LogP contribution in [0.4, 0.5) is 0 Å². The predicted octanol–water partition coefficient (Wildman–Crippen LogP) is 5.06. The van der Waals surface area contributed by atoms with Gasteiger partial charge in [0, 0.05) is 21.5 Å². The molecule has 0 fully saturated rings. The fourth-order valence-electron chi connectivity index (χ4n) is 1.85. The molecular formula is C15H15Br2N. The Morgan fingerprint density at radius 2 is 1.83 bits per heavy atom. The van der Waals surface area contributed by atoms with Crippen molar-refractivity contribution < 1.29 is 0 Å². The van der Waals surface area contributed by atoms with Crippen molar-refractivity contribution >= 4 is 31.9 Å². The monoisotopic (exact) mass is 367 g/mol. The molecule has 1 atom stereocenters. The Hall–Kier alpha value is -0.640. The third-order valence-corrected chi connectivity index (χ3v) is 4.09. The molecule has 0 aliphatic carbocycles. The lowest BCUT2D eigenvalue weighted by Crippen LogP contribution is -2.18. The normalized spacial score (nSPS) is 12.4. The summed E-state index contributed by atoms with van der Waals surface area (Å²) < 4.78 is 2.27. The Morgan fingerprint density at radius 1 is 1.06 bits per heavy atom. The summed E-state index contributed by atoms with van der Waals surface area (Å²) in [7, 11) is 0. The second-order valence-electron chi connectivity index (χ2n) is 4.25. The number of halogens is 2. The first-order valence-corrected chi connectivity index (χ1v) is 7.47. The van der Waals surface area contributed by atoms with E-state index < -0.39 is 0 Å². The standard InChI is InChI=1S/C15H15Br2N/c1-11(14-7-2-3-8-15(14)17)18-10-12-5-4-6-13(16)9-12/h2-9,11,18H,10H2,1H3/t11-/m1/s1. The van der Waals surface area contributed by atoms with Crippen LogP contribution in [-0.4, -0.2) is 0 Å². The first-order chi connectivity index (χ1) is 8.66. The predicted molar refractivity (Wildman–Crippen MR) is 83.5 cm³/mol. The second-order valence-corrected chi connectivity index (χ2v) is 6.02. The first-order valence-electron chi connectivity index (χ1n) is 5.89. The number of nitrogens with one attached hydrogen (secondary N) is 1. The molecule has 1 N–H and O–H groups in total. The van der Waals surface area contributed by atoms with Crippen molar-refractivity contribution in [2.24, 2.45) is 0 Å². The highest BCUT2D eigenvalue weighted by molar-refractivity contribution is 9.10. The molecule has 0 saturated carbocycles. The first kappa shape index (κ1) is 13.8. The van der Waals surface area contributed by atoms with Crippen molar-refractivity contribution in [2.45, 2.75) is 19.5 Å². The van der Waals surface area contributed by atoms with E-state index in [0.29, 0.717) is 6.04 Å². The van der Waals surface area contributed by atoms with E-state index in [1.165, 1.54) is 11.1 Å². The van der Waals surface area contributed by atoms with E-state index in [-0.39, 0.29) is 0 Å². The molecule has 0 saturated heterocycles. The van der Waals surface area contributed by atoms with Crippen LogP contribution in [-0.2, 0) is 6.54 Å². The average Bonchev–Trinajstić information content (AvgIpc) is 2.37. The van der Waals surface area contributed by atoms with Gasteiger partial charge in [-0.1, -0.05) is 62.2 Å². The zero-order valence-electron chi connectivity index (χ0n) is 10.2. The van der Waals surface area contributed by atoms with Gasteiger partial charge < -0.3 is 5.32 Å². The molecule has 0 aliphatic rings. The molecule has 2 rings (SSSR count). The van der Waals surface area contributed by atoms with Crippen molar-refractivity contribution in [3.63, 3.8) is 0 Å². The highest BCUT2D eigenvalue weighted by Gasteiger charge is 2.07. The quantitative estimate of drug-likeness (QED) is 0.794. The van der Waals surface area contributed by atoms with Gasteiger partial charge in [-0.05, 0) is 36.2 Å². The summed E-state index contributed by atoms with van der Waals surface area (Å²) in [5.41, 5.74) is 2.57. The summed E-state index contributed by atoms with van der Waals surface area (Å²) >= 11 is 7.08. The fraction of sp³-hybridized carbons (Fsp3) is 0.200. The summed E-state index contributed by atoms with van der Waals surface area (Å²) in [5.74, 6) is 0. The van der Waals surface area contributed by atoms with E-state index in [4.69, 9.17) is 0 Å². The van der Waals surface area contributed by atoms with Gasteiger partial charge in [0.2, 0.25) is 0 Å². The molecule has 2 aromatic rings. The van der Waals surface area contributed by atoms with Gasteiger partial charge in [-0.2, -0.15) is 0 Å². The van der Waals surface area contributed by atoms with Crippen molar-refractivity contribution in [3.05, 3.63) is 68.6 Å². The fourth-order valence-corrected chi connectivity index (χ4v) is 2.93. The SMILES string of the molecule is C[C@@H](NCc1cccc(Br)c1)c1ccccc1Br. The molecule has 2 aromatic carbocycles. The molecule has 0 radical (unpaired) electrons. The van der Waals surface area contributed by atoms with E-state index >= 15 is 0 Å². The van der Waals surface area contributed by atoms with Crippen LogP contribution in [0.3, 0.4) is 0 Å². The molecule has 0 spiro atoms. The minimum absolute atomic E-state index is 0.319. The zero-order valence-corrected chi connectivity index (χ0v) is 13.3. The number of hydrogen-bond acceptors (Lipinski definition) is 1. The Kier molecular flexibility index (Phi) is 4.98. The van der Waals surface area contributed by atoms with Crippen LogP contribution < -0.4 is 5.32 Å². The van der Waals surface area contributed by atoms with Gasteiger partial charge in [-0.25, -0.2) is 0 Å². The van der Waals surface area contributed by atoms with Crippen LogP contribution in [0.15, 0.2) is 57.5 Å². The number of rotatable bonds is 4. The molecule has 1 nitrogen and oxygen atoms in total. The lowest BCUT2D eigenvalue weighted by Gasteiger charge is -2.16. The van der Waals surface area contributed by atoms with Gasteiger partial charge in [0.1, 0.15) is 0 Å². The summed E-state index contributed by atoms with van der Waals surface area (Å²) in [6, 6.07) is 17.0. The van der Waals surface area contributed by atoms with Crippen LogP contribution >= 0.6 is 31.9 Å². The third-order valence-electron chi connectivity index (χ3n) is 2.87. The maximum absolute atomic E-state index is 3.59. The van der Waals surface area contributed by atoms with Crippen molar-refractivity contribution in [2.75, 3.05) is 0 Å². The smallest absolute Gasteiger partial charge is 0.0306 e. The molecule has 0 unspecified atom stereocenters. The molecule has 94 valence electrons.